The number of aliphatic hydroxyl groups is 1. The molecule has 1 atom stereocenters. The molecule has 1 unspecified atom stereocenters. The van der Waals surface area contributed by atoms with Crippen molar-refractivity contribution in [3.05, 3.63) is 29.3 Å². The monoisotopic (exact) mass is 234 g/mol. The molecule has 3 N–H and O–H groups in total. The summed E-state index contributed by atoms with van der Waals surface area (Å²) in [4.78, 5) is 0. The molecular formula is C14H22N2O. The summed E-state index contributed by atoms with van der Waals surface area (Å²) >= 11 is 0. The molecule has 3 nitrogen and oxygen atoms in total. The Labute approximate surface area is 103 Å². The zero-order chi connectivity index (χ0) is 12.1. The third-order valence-electron chi connectivity index (χ3n) is 3.48. The van der Waals surface area contributed by atoms with E-state index in [1.54, 1.807) is 0 Å². The van der Waals surface area contributed by atoms with Crippen LogP contribution < -0.4 is 10.6 Å². The van der Waals surface area contributed by atoms with Gasteiger partial charge in [-0.3, -0.25) is 0 Å². The predicted octanol–water partition coefficient (Wildman–Crippen LogP) is 1.91. The summed E-state index contributed by atoms with van der Waals surface area (Å²) < 4.78 is 0. The third kappa shape index (κ3) is 2.99. The predicted molar refractivity (Wildman–Crippen MR) is 71.3 cm³/mol. The summed E-state index contributed by atoms with van der Waals surface area (Å²) in [5.41, 5.74) is 4.09. The summed E-state index contributed by atoms with van der Waals surface area (Å²) in [5.74, 6) is 0. The molecule has 1 aliphatic heterocycles. The molecule has 2 rings (SSSR count). The van der Waals surface area contributed by atoms with Crippen LogP contribution in [0.25, 0.3) is 0 Å². The first-order chi connectivity index (χ1) is 8.35. The maximum Gasteiger partial charge on any atom is 0.0445 e. The van der Waals surface area contributed by atoms with E-state index >= 15 is 0 Å². The van der Waals surface area contributed by atoms with Crippen LogP contribution in [-0.4, -0.2) is 24.3 Å². The minimum atomic E-state index is 0.261. The van der Waals surface area contributed by atoms with E-state index < -0.39 is 0 Å². The number of para-hydroxylation sites is 1. The van der Waals surface area contributed by atoms with Crippen molar-refractivity contribution < 1.29 is 5.11 Å². The molecule has 0 spiro atoms. The maximum absolute atomic E-state index is 8.97. The number of benzene rings is 1. The molecule has 0 aliphatic carbocycles. The lowest BCUT2D eigenvalue weighted by molar-refractivity contribution is 0.262. The number of nitrogens with one attached hydrogen (secondary N) is 2. The van der Waals surface area contributed by atoms with E-state index in [0.29, 0.717) is 6.04 Å². The fourth-order valence-electron chi connectivity index (χ4n) is 2.42. The van der Waals surface area contributed by atoms with Crippen molar-refractivity contribution in [2.24, 2.45) is 0 Å². The van der Waals surface area contributed by atoms with Crippen LogP contribution in [0.5, 0.6) is 0 Å². The fraction of sp³-hybridized carbons (Fsp3) is 0.571. The highest BCUT2D eigenvalue weighted by Gasteiger charge is 2.14. The van der Waals surface area contributed by atoms with Crippen molar-refractivity contribution in [3.8, 4) is 0 Å². The molecule has 0 radical (unpaired) electrons. The molecule has 94 valence electrons. The molecule has 1 aromatic carbocycles. The largest absolute Gasteiger partial charge is 0.396 e. The Morgan fingerprint density at radius 3 is 3.12 bits per heavy atom. The Balaban J connectivity index is 1.97. The van der Waals surface area contributed by atoms with E-state index in [-0.39, 0.29) is 6.61 Å². The summed E-state index contributed by atoms with van der Waals surface area (Å²) in [6.07, 6.45) is 3.03. The van der Waals surface area contributed by atoms with Gasteiger partial charge < -0.3 is 15.7 Å². The van der Waals surface area contributed by atoms with E-state index in [9.17, 15) is 0 Å². The van der Waals surface area contributed by atoms with Gasteiger partial charge in [0.2, 0.25) is 0 Å². The van der Waals surface area contributed by atoms with Gasteiger partial charge in [0.15, 0.2) is 0 Å². The molecule has 1 heterocycles. The number of fused-ring (bicyclic) bond motifs is 1. The van der Waals surface area contributed by atoms with Crippen molar-refractivity contribution in [2.75, 3.05) is 18.5 Å². The molecule has 17 heavy (non-hydrogen) atoms. The van der Waals surface area contributed by atoms with Crippen LogP contribution in [0.4, 0.5) is 5.69 Å². The lowest BCUT2D eigenvalue weighted by Gasteiger charge is -2.17. The van der Waals surface area contributed by atoms with Gasteiger partial charge in [0.25, 0.3) is 0 Å². The summed E-state index contributed by atoms with van der Waals surface area (Å²) in [5, 5.41) is 15.9. The van der Waals surface area contributed by atoms with Crippen LogP contribution >= 0.6 is 0 Å². The molecule has 3 heteroatoms. The molecule has 1 aromatic rings. The molecule has 0 saturated heterocycles. The average Bonchev–Trinajstić information content (AvgIpc) is 2.83. The van der Waals surface area contributed by atoms with Gasteiger partial charge >= 0.3 is 0 Å². The molecule has 0 amide bonds. The van der Waals surface area contributed by atoms with Gasteiger partial charge in [-0.15, -0.1) is 0 Å². The van der Waals surface area contributed by atoms with Crippen LogP contribution in [0, 0.1) is 0 Å². The van der Waals surface area contributed by atoms with E-state index in [0.717, 1.165) is 32.4 Å². The van der Waals surface area contributed by atoms with Gasteiger partial charge in [0.1, 0.15) is 0 Å². The lowest BCUT2D eigenvalue weighted by atomic mass is 10.1. The van der Waals surface area contributed by atoms with Crippen molar-refractivity contribution in [1.29, 1.82) is 0 Å². The molecule has 0 aromatic heterocycles. The van der Waals surface area contributed by atoms with Crippen molar-refractivity contribution in [2.45, 2.75) is 38.8 Å². The maximum atomic E-state index is 8.97. The van der Waals surface area contributed by atoms with Gasteiger partial charge in [-0.05, 0) is 30.4 Å². The standard InChI is InChI=1S/C14H22N2O/c1-2-13(7-9-17)16-10-12-5-3-4-11-6-8-15-14(11)12/h3-5,13,15-17H,2,6-10H2,1H3. The topological polar surface area (TPSA) is 44.3 Å². The van der Waals surface area contributed by atoms with Crippen LogP contribution in [0.2, 0.25) is 0 Å². The van der Waals surface area contributed by atoms with Gasteiger partial charge in [-0.2, -0.15) is 0 Å². The van der Waals surface area contributed by atoms with Crippen LogP contribution in [-0.2, 0) is 13.0 Å². The van der Waals surface area contributed by atoms with Crippen molar-refractivity contribution >= 4 is 5.69 Å². The zero-order valence-electron chi connectivity index (χ0n) is 10.5. The highest BCUT2D eigenvalue weighted by Crippen LogP contribution is 2.26. The molecule has 0 fully saturated rings. The quantitative estimate of drug-likeness (QED) is 0.704. The Kier molecular flexibility index (Phi) is 4.40. The highest BCUT2D eigenvalue weighted by atomic mass is 16.3. The number of anilines is 1. The normalized spacial score (nSPS) is 15.4. The third-order valence-corrected chi connectivity index (χ3v) is 3.48. The number of hydrogen-bond acceptors (Lipinski definition) is 3. The van der Waals surface area contributed by atoms with Crippen LogP contribution in [0.1, 0.15) is 30.9 Å². The Hall–Kier alpha value is -1.06. The smallest absolute Gasteiger partial charge is 0.0445 e. The first kappa shape index (κ1) is 12.4. The van der Waals surface area contributed by atoms with Gasteiger partial charge in [0.05, 0.1) is 0 Å². The average molecular weight is 234 g/mol. The minimum Gasteiger partial charge on any atom is -0.396 e. The lowest BCUT2D eigenvalue weighted by Crippen LogP contribution is -2.29. The van der Waals surface area contributed by atoms with Crippen LogP contribution in [0.15, 0.2) is 18.2 Å². The zero-order valence-corrected chi connectivity index (χ0v) is 10.5. The minimum absolute atomic E-state index is 0.261. The Morgan fingerprint density at radius 2 is 2.35 bits per heavy atom. The van der Waals surface area contributed by atoms with E-state index in [1.165, 1.54) is 16.8 Å². The first-order valence-corrected chi connectivity index (χ1v) is 6.54. The van der Waals surface area contributed by atoms with Crippen LogP contribution in [0.3, 0.4) is 0 Å². The van der Waals surface area contributed by atoms with E-state index in [4.69, 9.17) is 5.11 Å². The number of rotatable bonds is 6. The Morgan fingerprint density at radius 1 is 1.47 bits per heavy atom. The molecule has 1 aliphatic rings. The highest BCUT2D eigenvalue weighted by molar-refractivity contribution is 5.61. The second kappa shape index (κ2) is 6.03. The summed E-state index contributed by atoms with van der Waals surface area (Å²) in [6.45, 7) is 4.35. The van der Waals surface area contributed by atoms with Crippen molar-refractivity contribution in [1.82, 2.24) is 5.32 Å². The molecule has 0 bridgehead atoms. The van der Waals surface area contributed by atoms with Crippen molar-refractivity contribution in [3.63, 3.8) is 0 Å². The number of aliphatic hydroxyl groups excluding tert-OH is 1. The second-order valence-corrected chi connectivity index (χ2v) is 4.63. The summed E-state index contributed by atoms with van der Waals surface area (Å²) in [7, 11) is 0. The van der Waals surface area contributed by atoms with Gasteiger partial charge in [0, 0.05) is 31.4 Å². The fourth-order valence-corrected chi connectivity index (χ4v) is 2.42. The first-order valence-electron chi connectivity index (χ1n) is 6.54. The second-order valence-electron chi connectivity index (χ2n) is 4.63. The van der Waals surface area contributed by atoms with Gasteiger partial charge in [-0.1, -0.05) is 25.1 Å². The van der Waals surface area contributed by atoms with E-state index in [2.05, 4.69) is 35.8 Å². The SMILES string of the molecule is CCC(CCO)NCc1cccc2c1NCC2. The number of hydrogen-bond donors (Lipinski definition) is 3. The molecule has 0 saturated carbocycles. The van der Waals surface area contributed by atoms with Gasteiger partial charge in [-0.25, -0.2) is 0 Å². The molecular weight excluding hydrogens is 212 g/mol. The summed E-state index contributed by atoms with van der Waals surface area (Å²) in [6, 6.07) is 6.92. The Bertz CT molecular complexity index is 365. The van der Waals surface area contributed by atoms with E-state index in [1.807, 2.05) is 0 Å².